The monoisotopic (exact) mass is 209 g/mol. The topological polar surface area (TPSA) is 72.0 Å². The second-order valence-electron chi connectivity index (χ2n) is 3.19. The van der Waals surface area contributed by atoms with Crippen molar-refractivity contribution in [3.8, 4) is 0 Å². The fourth-order valence-electron chi connectivity index (χ4n) is 1.45. The average molecular weight is 209 g/mol. The molecule has 2 aromatic rings. The van der Waals surface area contributed by atoms with E-state index in [0.29, 0.717) is 11.3 Å². The van der Waals surface area contributed by atoms with Gasteiger partial charge in [0.05, 0.1) is 23.0 Å². The van der Waals surface area contributed by atoms with Gasteiger partial charge in [0.25, 0.3) is 0 Å². The van der Waals surface area contributed by atoms with Crippen molar-refractivity contribution in [2.45, 2.75) is 20.0 Å². The molecule has 0 aliphatic rings. The van der Waals surface area contributed by atoms with Crippen LogP contribution >= 0.6 is 11.3 Å². The first-order valence-corrected chi connectivity index (χ1v) is 5.11. The first kappa shape index (κ1) is 9.36. The summed E-state index contributed by atoms with van der Waals surface area (Å²) in [5.74, 6) is 0. The van der Waals surface area contributed by atoms with Crippen LogP contribution in [0.4, 0.5) is 5.69 Å². The van der Waals surface area contributed by atoms with Crippen molar-refractivity contribution in [2.24, 2.45) is 0 Å². The fourth-order valence-corrected chi connectivity index (χ4v) is 2.23. The number of nitrogens with zero attached hydrogens (tertiary/aromatic N) is 2. The number of thiazole rings is 1. The summed E-state index contributed by atoms with van der Waals surface area (Å²) in [6.45, 7) is 3.59. The van der Waals surface area contributed by atoms with Crippen molar-refractivity contribution in [1.29, 1.82) is 0 Å². The molecule has 0 spiro atoms. The maximum absolute atomic E-state index is 9.57. The number of aliphatic hydroxyl groups excluding tert-OH is 1. The number of nitrogens with two attached hydrogens (primary N) is 1. The van der Waals surface area contributed by atoms with Gasteiger partial charge in [-0.3, -0.25) is 0 Å². The van der Waals surface area contributed by atoms with Gasteiger partial charge < -0.3 is 10.8 Å². The molecule has 74 valence electrons. The van der Waals surface area contributed by atoms with Crippen molar-refractivity contribution in [3.05, 3.63) is 16.8 Å². The molecule has 3 N–H and O–H groups in total. The zero-order valence-corrected chi connectivity index (χ0v) is 8.80. The lowest BCUT2D eigenvalue weighted by Gasteiger charge is -2.07. The Hall–Kier alpha value is -1.20. The van der Waals surface area contributed by atoms with Gasteiger partial charge in [-0.15, -0.1) is 0 Å². The number of aryl methyl sites for hydroxylation is 1. The van der Waals surface area contributed by atoms with E-state index >= 15 is 0 Å². The van der Waals surface area contributed by atoms with Gasteiger partial charge in [0.2, 0.25) is 0 Å². The van der Waals surface area contributed by atoms with Crippen LogP contribution in [0.3, 0.4) is 0 Å². The number of aromatic nitrogens is 2. The Morgan fingerprint density at radius 2 is 2.29 bits per heavy atom. The van der Waals surface area contributed by atoms with E-state index in [-0.39, 0.29) is 0 Å². The number of pyridine rings is 1. The summed E-state index contributed by atoms with van der Waals surface area (Å²) in [7, 11) is 0. The lowest BCUT2D eigenvalue weighted by Crippen LogP contribution is -2.00. The third-order valence-corrected chi connectivity index (χ3v) is 2.90. The molecule has 1 unspecified atom stereocenters. The summed E-state index contributed by atoms with van der Waals surface area (Å²) < 4.78 is 0. The predicted molar refractivity (Wildman–Crippen MR) is 57.2 cm³/mol. The van der Waals surface area contributed by atoms with Crippen LogP contribution < -0.4 is 5.73 Å². The fraction of sp³-hybridized carbons (Fsp3) is 0.333. The maximum Gasteiger partial charge on any atom is 0.143 e. The zero-order valence-electron chi connectivity index (χ0n) is 7.98. The van der Waals surface area contributed by atoms with Crippen LogP contribution in [0.1, 0.15) is 23.6 Å². The summed E-state index contributed by atoms with van der Waals surface area (Å²) >= 11 is 1.50. The van der Waals surface area contributed by atoms with Crippen LogP contribution in [0.25, 0.3) is 10.3 Å². The molecule has 0 amide bonds. The summed E-state index contributed by atoms with van der Waals surface area (Å²) in [6, 6.07) is 0. The van der Waals surface area contributed by atoms with E-state index in [1.165, 1.54) is 11.3 Å². The van der Waals surface area contributed by atoms with Gasteiger partial charge in [-0.25, -0.2) is 9.97 Å². The molecule has 14 heavy (non-hydrogen) atoms. The van der Waals surface area contributed by atoms with Crippen LogP contribution in [0, 0.1) is 6.92 Å². The van der Waals surface area contributed by atoms with Crippen LogP contribution in [0.15, 0.2) is 6.20 Å². The van der Waals surface area contributed by atoms with Crippen LogP contribution in [0.2, 0.25) is 0 Å². The van der Waals surface area contributed by atoms with Gasteiger partial charge in [-0.1, -0.05) is 11.3 Å². The van der Waals surface area contributed by atoms with E-state index in [0.717, 1.165) is 15.4 Å². The highest BCUT2D eigenvalue weighted by atomic mass is 32.1. The lowest BCUT2D eigenvalue weighted by atomic mass is 10.1. The van der Waals surface area contributed by atoms with Crippen LogP contribution in [0.5, 0.6) is 0 Å². The van der Waals surface area contributed by atoms with Crippen molar-refractivity contribution in [1.82, 2.24) is 9.97 Å². The number of nitrogen functional groups attached to an aromatic ring is 1. The Balaban J connectivity index is 2.82. The molecule has 0 aliphatic carbocycles. The SMILES string of the molecule is Cc1nc2c(C(C)O)c(N)cnc2s1. The first-order chi connectivity index (χ1) is 6.59. The average Bonchev–Trinajstić information content (AvgIpc) is 2.43. The molecular weight excluding hydrogens is 198 g/mol. The van der Waals surface area contributed by atoms with Gasteiger partial charge in [0.15, 0.2) is 0 Å². The lowest BCUT2D eigenvalue weighted by molar-refractivity contribution is 0.201. The molecule has 0 aliphatic heterocycles. The van der Waals surface area contributed by atoms with Gasteiger partial charge in [-0.05, 0) is 13.8 Å². The summed E-state index contributed by atoms with van der Waals surface area (Å²) in [6.07, 6.45) is 0.962. The Morgan fingerprint density at radius 3 is 2.93 bits per heavy atom. The van der Waals surface area contributed by atoms with Gasteiger partial charge in [0.1, 0.15) is 10.3 Å². The minimum atomic E-state index is -0.609. The Bertz CT molecular complexity index is 478. The Morgan fingerprint density at radius 1 is 1.57 bits per heavy atom. The molecule has 4 nitrogen and oxygen atoms in total. The van der Waals surface area contributed by atoms with Gasteiger partial charge >= 0.3 is 0 Å². The van der Waals surface area contributed by atoms with Crippen molar-refractivity contribution < 1.29 is 5.11 Å². The quantitative estimate of drug-likeness (QED) is 0.748. The highest BCUT2D eigenvalue weighted by Crippen LogP contribution is 2.30. The molecule has 0 aromatic carbocycles. The molecule has 1 atom stereocenters. The number of rotatable bonds is 1. The second kappa shape index (κ2) is 3.18. The molecule has 2 heterocycles. The van der Waals surface area contributed by atoms with Gasteiger partial charge in [0, 0.05) is 5.56 Å². The maximum atomic E-state index is 9.57. The number of hydrogen-bond acceptors (Lipinski definition) is 5. The Labute approximate surface area is 85.4 Å². The van der Waals surface area contributed by atoms with E-state index in [4.69, 9.17) is 5.73 Å². The van der Waals surface area contributed by atoms with Crippen molar-refractivity contribution in [2.75, 3.05) is 5.73 Å². The van der Waals surface area contributed by atoms with Crippen molar-refractivity contribution >= 4 is 27.4 Å². The van der Waals surface area contributed by atoms with E-state index in [1.54, 1.807) is 13.1 Å². The third-order valence-electron chi connectivity index (χ3n) is 2.02. The molecule has 0 bridgehead atoms. The van der Waals surface area contributed by atoms with E-state index < -0.39 is 6.10 Å². The zero-order chi connectivity index (χ0) is 10.3. The summed E-state index contributed by atoms with van der Waals surface area (Å²) in [4.78, 5) is 9.30. The predicted octanol–water partition coefficient (Wildman–Crippen LogP) is 1.64. The minimum Gasteiger partial charge on any atom is -0.397 e. The van der Waals surface area contributed by atoms with Crippen LogP contribution in [-0.4, -0.2) is 15.1 Å². The minimum absolute atomic E-state index is 0.498. The first-order valence-electron chi connectivity index (χ1n) is 4.29. The van der Waals surface area contributed by atoms with E-state index in [9.17, 15) is 5.11 Å². The molecule has 5 heteroatoms. The Kier molecular flexibility index (Phi) is 2.13. The highest BCUT2D eigenvalue weighted by Gasteiger charge is 2.14. The largest absolute Gasteiger partial charge is 0.397 e. The third kappa shape index (κ3) is 1.34. The molecule has 2 rings (SSSR count). The van der Waals surface area contributed by atoms with Crippen molar-refractivity contribution in [3.63, 3.8) is 0 Å². The molecule has 0 saturated heterocycles. The standard InChI is InChI=1S/C9H11N3OS/c1-4(13)7-6(10)3-11-9-8(7)12-5(2)14-9/h3-4,13H,10H2,1-2H3. The van der Waals surface area contributed by atoms with E-state index in [1.807, 2.05) is 6.92 Å². The van der Waals surface area contributed by atoms with Gasteiger partial charge in [-0.2, -0.15) is 0 Å². The number of hydrogen-bond donors (Lipinski definition) is 2. The molecular formula is C9H11N3OS. The molecule has 2 aromatic heterocycles. The van der Waals surface area contributed by atoms with E-state index in [2.05, 4.69) is 9.97 Å². The highest BCUT2D eigenvalue weighted by molar-refractivity contribution is 7.18. The molecule has 0 saturated carbocycles. The second-order valence-corrected chi connectivity index (χ2v) is 4.37. The number of anilines is 1. The number of fused-ring (bicyclic) bond motifs is 1. The smallest absolute Gasteiger partial charge is 0.143 e. The summed E-state index contributed by atoms with van der Waals surface area (Å²) in [5, 5.41) is 10.5. The molecule has 0 fully saturated rings. The summed E-state index contributed by atoms with van der Waals surface area (Å²) in [5.41, 5.74) is 7.64. The van der Waals surface area contributed by atoms with Crippen LogP contribution in [-0.2, 0) is 0 Å². The number of aliphatic hydroxyl groups is 1. The molecule has 0 radical (unpaired) electrons. The normalized spacial score (nSPS) is 13.4.